The molecule has 0 saturated heterocycles. The molecule has 1 aliphatic carbocycles. The first kappa shape index (κ1) is 10.2. The molecule has 84 valence electrons. The Bertz CT molecular complexity index is 558. The standard InChI is InChI=1S/C12H10N4S/c13-6-8-4-5-9(7-14-8)15-12-16-10-2-1-3-11(10)17-12/h4-5,7H,1-3H2,(H,15,16). The van der Waals surface area contributed by atoms with Crippen LogP contribution in [0.25, 0.3) is 0 Å². The molecule has 1 N–H and O–H groups in total. The Labute approximate surface area is 103 Å². The summed E-state index contributed by atoms with van der Waals surface area (Å²) in [4.78, 5) is 9.95. The molecule has 0 aliphatic heterocycles. The smallest absolute Gasteiger partial charge is 0.187 e. The van der Waals surface area contributed by atoms with E-state index < -0.39 is 0 Å². The highest BCUT2D eigenvalue weighted by Gasteiger charge is 2.16. The van der Waals surface area contributed by atoms with Crippen LogP contribution < -0.4 is 5.32 Å². The molecule has 3 rings (SSSR count). The van der Waals surface area contributed by atoms with Gasteiger partial charge in [0.1, 0.15) is 11.8 Å². The van der Waals surface area contributed by atoms with E-state index in [2.05, 4.69) is 15.3 Å². The van der Waals surface area contributed by atoms with E-state index in [4.69, 9.17) is 5.26 Å². The number of pyridine rings is 1. The molecule has 0 bridgehead atoms. The molecule has 0 spiro atoms. The molecular weight excluding hydrogens is 232 g/mol. The molecule has 0 unspecified atom stereocenters. The molecule has 17 heavy (non-hydrogen) atoms. The Hall–Kier alpha value is -1.93. The number of nitrogens with zero attached hydrogens (tertiary/aromatic N) is 3. The van der Waals surface area contributed by atoms with Gasteiger partial charge >= 0.3 is 0 Å². The number of hydrogen-bond acceptors (Lipinski definition) is 5. The normalized spacial score (nSPS) is 13.1. The van der Waals surface area contributed by atoms with E-state index in [1.165, 1.54) is 17.0 Å². The van der Waals surface area contributed by atoms with E-state index in [0.717, 1.165) is 23.7 Å². The number of thiazole rings is 1. The number of aromatic nitrogens is 2. The summed E-state index contributed by atoms with van der Waals surface area (Å²) >= 11 is 1.71. The minimum atomic E-state index is 0.428. The maximum Gasteiger partial charge on any atom is 0.187 e. The summed E-state index contributed by atoms with van der Waals surface area (Å²) in [5.74, 6) is 0. The van der Waals surface area contributed by atoms with Crippen molar-refractivity contribution < 1.29 is 0 Å². The van der Waals surface area contributed by atoms with Crippen molar-refractivity contribution in [2.45, 2.75) is 19.3 Å². The van der Waals surface area contributed by atoms with E-state index in [9.17, 15) is 0 Å². The fourth-order valence-electron chi connectivity index (χ4n) is 1.90. The summed E-state index contributed by atoms with van der Waals surface area (Å²) in [6.45, 7) is 0. The quantitative estimate of drug-likeness (QED) is 0.879. The van der Waals surface area contributed by atoms with Gasteiger partial charge in [0.05, 0.1) is 17.6 Å². The number of nitriles is 1. The number of fused-ring (bicyclic) bond motifs is 1. The van der Waals surface area contributed by atoms with E-state index in [0.29, 0.717) is 5.69 Å². The average Bonchev–Trinajstić information content (AvgIpc) is 2.90. The summed E-state index contributed by atoms with van der Waals surface area (Å²) in [5, 5.41) is 12.8. The summed E-state index contributed by atoms with van der Waals surface area (Å²) in [7, 11) is 0. The van der Waals surface area contributed by atoms with E-state index in [-0.39, 0.29) is 0 Å². The van der Waals surface area contributed by atoms with Crippen LogP contribution in [0.15, 0.2) is 18.3 Å². The molecule has 0 amide bonds. The highest BCUT2D eigenvalue weighted by Crippen LogP contribution is 2.31. The lowest BCUT2D eigenvalue weighted by Crippen LogP contribution is -1.92. The lowest BCUT2D eigenvalue weighted by atomic mass is 10.3. The van der Waals surface area contributed by atoms with Crippen LogP contribution >= 0.6 is 11.3 Å². The molecule has 0 atom stereocenters. The Morgan fingerprint density at radius 3 is 3.00 bits per heavy atom. The van der Waals surface area contributed by atoms with Gasteiger partial charge in [-0.2, -0.15) is 5.26 Å². The minimum Gasteiger partial charge on any atom is -0.330 e. The van der Waals surface area contributed by atoms with Crippen molar-refractivity contribution in [1.82, 2.24) is 9.97 Å². The van der Waals surface area contributed by atoms with E-state index in [1.807, 2.05) is 12.1 Å². The van der Waals surface area contributed by atoms with Crippen LogP contribution in [0.3, 0.4) is 0 Å². The second kappa shape index (κ2) is 4.15. The Morgan fingerprint density at radius 2 is 2.29 bits per heavy atom. The topological polar surface area (TPSA) is 61.6 Å². The van der Waals surface area contributed by atoms with Crippen LogP contribution in [0, 0.1) is 11.3 Å². The van der Waals surface area contributed by atoms with Crippen molar-refractivity contribution in [2.75, 3.05) is 5.32 Å². The number of aryl methyl sites for hydroxylation is 2. The van der Waals surface area contributed by atoms with Gasteiger partial charge in [0.25, 0.3) is 0 Å². The molecule has 2 aromatic rings. The van der Waals surface area contributed by atoms with Gasteiger partial charge in [-0.25, -0.2) is 9.97 Å². The zero-order valence-electron chi connectivity index (χ0n) is 9.10. The molecule has 0 aromatic carbocycles. The van der Waals surface area contributed by atoms with Gasteiger partial charge in [0.15, 0.2) is 5.13 Å². The first-order valence-corrected chi connectivity index (χ1v) is 6.28. The van der Waals surface area contributed by atoms with Crippen LogP contribution in [-0.4, -0.2) is 9.97 Å². The molecule has 2 aromatic heterocycles. The Balaban J connectivity index is 1.79. The van der Waals surface area contributed by atoms with Crippen molar-refractivity contribution in [3.63, 3.8) is 0 Å². The van der Waals surface area contributed by atoms with Gasteiger partial charge in [-0.05, 0) is 31.4 Å². The molecule has 0 saturated carbocycles. The van der Waals surface area contributed by atoms with Gasteiger partial charge < -0.3 is 5.32 Å². The highest BCUT2D eigenvalue weighted by atomic mass is 32.1. The predicted molar refractivity (Wildman–Crippen MR) is 66.4 cm³/mol. The molecular formula is C12H10N4S. The predicted octanol–water partition coefficient (Wildman–Crippen LogP) is 2.64. The molecule has 0 fully saturated rings. The maximum atomic E-state index is 8.65. The van der Waals surface area contributed by atoms with Gasteiger partial charge in [0.2, 0.25) is 0 Å². The van der Waals surface area contributed by atoms with Crippen molar-refractivity contribution >= 4 is 22.2 Å². The van der Waals surface area contributed by atoms with Crippen LogP contribution in [0.1, 0.15) is 22.7 Å². The van der Waals surface area contributed by atoms with Crippen LogP contribution in [0.4, 0.5) is 10.8 Å². The van der Waals surface area contributed by atoms with Gasteiger partial charge in [-0.1, -0.05) is 0 Å². The third kappa shape index (κ3) is 1.99. The summed E-state index contributed by atoms with van der Waals surface area (Å²) in [5.41, 5.74) is 2.53. The zero-order valence-corrected chi connectivity index (χ0v) is 9.92. The van der Waals surface area contributed by atoms with Gasteiger partial charge in [-0.3, -0.25) is 0 Å². The Morgan fingerprint density at radius 1 is 1.35 bits per heavy atom. The SMILES string of the molecule is N#Cc1ccc(Nc2nc3c(s2)CCC3)cn1. The van der Waals surface area contributed by atoms with Crippen LogP contribution in [-0.2, 0) is 12.8 Å². The fraction of sp³-hybridized carbons (Fsp3) is 0.250. The zero-order chi connectivity index (χ0) is 11.7. The van der Waals surface area contributed by atoms with Crippen LogP contribution in [0.5, 0.6) is 0 Å². The summed E-state index contributed by atoms with van der Waals surface area (Å²) in [6.07, 6.45) is 5.14. The number of hydrogen-bond donors (Lipinski definition) is 1. The average molecular weight is 242 g/mol. The van der Waals surface area contributed by atoms with Crippen LogP contribution in [0.2, 0.25) is 0 Å². The minimum absolute atomic E-state index is 0.428. The third-order valence-corrected chi connectivity index (χ3v) is 3.80. The lowest BCUT2D eigenvalue weighted by Gasteiger charge is -2.01. The monoisotopic (exact) mass is 242 g/mol. The second-order valence-electron chi connectivity index (χ2n) is 3.91. The summed E-state index contributed by atoms with van der Waals surface area (Å²) in [6, 6.07) is 5.54. The van der Waals surface area contributed by atoms with Crippen molar-refractivity contribution in [1.29, 1.82) is 5.26 Å². The fourth-order valence-corrected chi connectivity index (χ4v) is 2.97. The first-order chi connectivity index (χ1) is 8.35. The number of nitrogens with one attached hydrogen (secondary N) is 1. The summed E-state index contributed by atoms with van der Waals surface area (Å²) < 4.78 is 0. The Kier molecular flexibility index (Phi) is 2.50. The maximum absolute atomic E-state index is 8.65. The molecule has 0 radical (unpaired) electrons. The largest absolute Gasteiger partial charge is 0.330 e. The van der Waals surface area contributed by atoms with Crippen molar-refractivity contribution in [3.8, 4) is 6.07 Å². The lowest BCUT2D eigenvalue weighted by molar-refractivity contribution is 0.900. The number of rotatable bonds is 2. The van der Waals surface area contributed by atoms with E-state index in [1.54, 1.807) is 23.6 Å². The highest BCUT2D eigenvalue weighted by molar-refractivity contribution is 7.15. The van der Waals surface area contributed by atoms with Gasteiger partial charge in [-0.15, -0.1) is 11.3 Å². The second-order valence-corrected chi connectivity index (χ2v) is 4.99. The molecule has 5 heteroatoms. The number of anilines is 2. The van der Waals surface area contributed by atoms with E-state index >= 15 is 0 Å². The van der Waals surface area contributed by atoms with Crippen molar-refractivity contribution in [3.05, 3.63) is 34.6 Å². The molecule has 4 nitrogen and oxygen atoms in total. The molecule has 2 heterocycles. The third-order valence-electron chi connectivity index (χ3n) is 2.72. The van der Waals surface area contributed by atoms with Gasteiger partial charge in [0, 0.05) is 4.88 Å². The van der Waals surface area contributed by atoms with Crippen molar-refractivity contribution in [2.24, 2.45) is 0 Å². The first-order valence-electron chi connectivity index (χ1n) is 5.47. The molecule has 1 aliphatic rings.